The molecule has 6 nitrogen and oxygen atoms in total. The van der Waals surface area contributed by atoms with Crippen LogP contribution < -0.4 is 10.6 Å². The summed E-state index contributed by atoms with van der Waals surface area (Å²) in [7, 11) is 0. The summed E-state index contributed by atoms with van der Waals surface area (Å²) >= 11 is 0. The van der Waals surface area contributed by atoms with E-state index in [0.29, 0.717) is 17.9 Å². The van der Waals surface area contributed by atoms with Crippen molar-refractivity contribution in [2.24, 2.45) is 0 Å². The van der Waals surface area contributed by atoms with Crippen molar-refractivity contribution >= 4 is 17.4 Å². The molecule has 3 aromatic rings. The molecular weight excluding hydrogens is 326 g/mol. The summed E-state index contributed by atoms with van der Waals surface area (Å²) in [6.45, 7) is 0.533. The van der Waals surface area contributed by atoms with Crippen LogP contribution in [0.4, 0.5) is 11.5 Å². The van der Waals surface area contributed by atoms with Crippen LogP contribution in [0.3, 0.4) is 0 Å². The van der Waals surface area contributed by atoms with E-state index in [9.17, 15) is 4.79 Å². The van der Waals surface area contributed by atoms with Crippen LogP contribution in [0.15, 0.2) is 67.0 Å². The molecule has 2 aromatic carbocycles. The van der Waals surface area contributed by atoms with Gasteiger partial charge in [-0.15, -0.1) is 0 Å². The molecular formula is C20H17N5O. The second-order valence-electron chi connectivity index (χ2n) is 5.60. The van der Waals surface area contributed by atoms with E-state index in [1.54, 1.807) is 18.2 Å². The van der Waals surface area contributed by atoms with Crippen LogP contribution >= 0.6 is 0 Å². The van der Waals surface area contributed by atoms with Crippen LogP contribution in [0, 0.1) is 11.3 Å². The quantitative estimate of drug-likeness (QED) is 0.718. The summed E-state index contributed by atoms with van der Waals surface area (Å²) in [6.07, 6.45) is 3.67. The molecule has 0 saturated heterocycles. The van der Waals surface area contributed by atoms with Crippen LogP contribution in [-0.4, -0.2) is 22.4 Å². The van der Waals surface area contributed by atoms with Crippen LogP contribution in [0.25, 0.3) is 0 Å². The standard InChI is InChI=1S/C20H17N5O/c21-12-16-7-4-8-17(11-16)25-19-14-23-18(13-24-19)20(26)22-10-9-15-5-2-1-3-6-15/h1-8,11,13-14H,9-10H2,(H,22,26)(H,24,25). The monoisotopic (exact) mass is 343 g/mol. The number of anilines is 2. The van der Waals surface area contributed by atoms with Crippen molar-refractivity contribution in [3.8, 4) is 6.07 Å². The molecule has 0 atom stereocenters. The molecule has 0 aliphatic heterocycles. The normalized spacial score (nSPS) is 9.96. The highest BCUT2D eigenvalue weighted by Gasteiger charge is 2.07. The maximum atomic E-state index is 12.1. The van der Waals surface area contributed by atoms with E-state index < -0.39 is 0 Å². The Hall–Kier alpha value is -3.72. The van der Waals surface area contributed by atoms with Gasteiger partial charge in [-0.05, 0) is 30.2 Å². The van der Waals surface area contributed by atoms with E-state index in [-0.39, 0.29) is 11.6 Å². The molecule has 2 N–H and O–H groups in total. The molecule has 1 aromatic heterocycles. The number of aromatic nitrogens is 2. The molecule has 1 heterocycles. The van der Waals surface area contributed by atoms with Gasteiger partial charge in [0.15, 0.2) is 0 Å². The third kappa shape index (κ3) is 4.65. The molecule has 0 unspecified atom stereocenters. The lowest BCUT2D eigenvalue weighted by Gasteiger charge is -2.07. The summed E-state index contributed by atoms with van der Waals surface area (Å²) in [4.78, 5) is 20.5. The highest BCUT2D eigenvalue weighted by Crippen LogP contribution is 2.15. The lowest BCUT2D eigenvalue weighted by atomic mass is 10.1. The highest BCUT2D eigenvalue weighted by atomic mass is 16.1. The van der Waals surface area contributed by atoms with Gasteiger partial charge in [0.1, 0.15) is 11.5 Å². The first kappa shape index (κ1) is 17.1. The van der Waals surface area contributed by atoms with Gasteiger partial charge in [-0.1, -0.05) is 36.4 Å². The number of carbonyl (C=O) groups excluding carboxylic acids is 1. The Morgan fingerprint density at radius 2 is 1.88 bits per heavy atom. The van der Waals surface area contributed by atoms with E-state index in [1.807, 2.05) is 36.4 Å². The maximum Gasteiger partial charge on any atom is 0.271 e. The smallest absolute Gasteiger partial charge is 0.271 e. The first-order chi connectivity index (χ1) is 12.7. The Bertz CT molecular complexity index is 917. The van der Waals surface area contributed by atoms with Crippen LogP contribution in [-0.2, 0) is 6.42 Å². The van der Waals surface area contributed by atoms with Crippen LogP contribution in [0.2, 0.25) is 0 Å². The third-order valence-corrected chi connectivity index (χ3v) is 3.69. The number of nitriles is 1. The van der Waals surface area contributed by atoms with Crippen molar-refractivity contribution in [1.82, 2.24) is 15.3 Å². The van der Waals surface area contributed by atoms with Crippen molar-refractivity contribution in [1.29, 1.82) is 5.26 Å². The number of benzene rings is 2. The lowest BCUT2D eigenvalue weighted by Crippen LogP contribution is -2.26. The zero-order chi connectivity index (χ0) is 18.2. The molecule has 0 aliphatic rings. The summed E-state index contributed by atoms with van der Waals surface area (Å²) in [5.41, 5.74) is 2.71. The predicted molar refractivity (Wildman–Crippen MR) is 99.0 cm³/mol. The second kappa shape index (κ2) is 8.40. The number of carbonyl (C=O) groups is 1. The van der Waals surface area contributed by atoms with Gasteiger partial charge in [0.05, 0.1) is 24.0 Å². The molecule has 3 rings (SSSR count). The number of nitrogens with one attached hydrogen (secondary N) is 2. The SMILES string of the molecule is N#Cc1cccc(Nc2cnc(C(=O)NCCc3ccccc3)cn2)c1. The highest BCUT2D eigenvalue weighted by molar-refractivity contribution is 5.92. The van der Waals surface area contributed by atoms with E-state index in [4.69, 9.17) is 5.26 Å². The fraction of sp³-hybridized carbons (Fsp3) is 0.100. The fourth-order valence-corrected chi connectivity index (χ4v) is 2.38. The summed E-state index contributed by atoms with van der Waals surface area (Å²) in [5, 5.41) is 14.8. The van der Waals surface area contributed by atoms with Crippen LogP contribution in [0.5, 0.6) is 0 Å². The molecule has 26 heavy (non-hydrogen) atoms. The Balaban J connectivity index is 1.55. The van der Waals surface area contributed by atoms with Gasteiger partial charge in [0, 0.05) is 12.2 Å². The van der Waals surface area contributed by atoms with Crippen molar-refractivity contribution < 1.29 is 4.79 Å². The van der Waals surface area contributed by atoms with E-state index in [0.717, 1.165) is 17.7 Å². The number of amides is 1. The molecule has 0 bridgehead atoms. The van der Waals surface area contributed by atoms with Crippen molar-refractivity contribution in [2.45, 2.75) is 6.42 Å². The number of hydrogen-bond acceptors (Lipinski definition) is 5. The maximum absolute atomic E-state index is 12.1. The van der Waals surface area contributed by atoms with Gasteiger partial charge in [-0.25, -0.2) is 9.97 Å². The van der Waals surface area contributed by atoms with E-state index in [1.165, 1.54) is 12.4 Å². The Labute approximate surface area is 151 Å². The first-order valence-corrected chi connectivity index (χ1v) is 8.16. The molecule has 128 valence electrons. The van der Waals surface area contributed by atoms with Gasteiger partial charge >= 0.3 is 0 Å². The van der Waals surface area contributed by atoms with Gasteiger partial charge in [-0.2, -0.15) is 5.26 Å². The molecule has 1 amide bonds. The average Bonchev–Trinajstić information content (AvgIpc) is 2.69. The largest absolute Gasteiger partial charge is 0.350 e. The minimum atomic E-state index is -0.258. The molecule has 6 heteroatoms. The van der Waals surface area contributed by atoms with E-state index in [2.05, 4.69) is 26.7 Å². The molecule has 0 radical (unpaired) electrons. The van der Waals surface area contributed by atoms with Gasteiger partial charge < -0.3 is 10.6 Å². The predicted octanol–water partition coefficient (Wildman–Crippen LogP) is 3.06. The van der Waals surface area contributed by atoms with Crippen LogP contribution in [0.1, 0.15) is 21.6 Å². The molecule has 0 aliphatic carbocycles. The third-order valence-electron chi connectivity index (χ3n) is 3.69. The molecule has 0 saturated carbocycles. The Kier molecular flexibility index (Phi) is 5.53. The minimum absolute atomic E-state index is 0.258. The van der Waals surface area contributed by atoms with Gasteiger partial charge in [0.2, 0.25) is 0 Å². The van der Waals surface area contributed by atoms with Crippen molar-refractivity contribution in [3.05, 3.63) is 83.8 Å². The number of nitrogens with zero attached hydrogens (tertiary/aromatic N) is 3. The minimum Gasteiger partial charge on any atom is -0.350 e. The zero-order valence-electron chi connectivity index (χ0n) is 14.0. The first-order valence-electron chi connectivity index (χ1n) is 8.16. The number of hydrogen-bond donors (Lipinski definition) is 2. The lowest BCUT2D eigenvalue weighted by molar-refractivity contribution is 0.0949. The Morgan fingerprint density at radius 3 is 2.62 bits per heavy atom. The van der Waals surface area contributed by atoms with Gasteiger partial charge in [0.25, 0.3) is 5.91 Å². The van der Waals surface area contributed by atoms with Gasteiger partial charge in [-0.3, -0.25) is 4.79 Å². The van der Waals surface area contributed by atoms with Crippen molar-refractivity contribution in [2.75, 3.05) is 11.9 Å². The van der Waals surface area contributed by atoms with E-state index >= 15 is 0 Å². The summed E-state index contributed by atoms with van der Waals surface area (Å²) < 4.78 is 0. The summed E-state index contributed by atoms with van der Waals surface area (Å²) in [6, 6.07) is 19.1. The molecule has 0 fully saturated rings. The zero-order valence-corrected chi connectivity index (χ0v) is 14.0. The summed E-state index contributed by atoms with van der Waals surface area (Å²) in [5.74, 6) is 0.243. The van der Waals surface area contributed by atoms with Crippen molar-refractivity contribution in [3.63, 3.8) is 0 Å². The Morgan fingerprint density at radius 1 is 1.04 bits per heavy atom. The average molecular weight is 343 g/mol. The number of rotatable bonds is 6. The second-order valence-corrected chi connectivity index (χ2v) is 5.60. The molecule has 0 spiro atoms. The topological polar surface area (TPSA) is 90.7 Å². The fourth-order valence-electron chi connectivity index (χ4n) is 2.38.